The molecule has 7 nitrogen and oxygen atoms in total. The molecule has 1 saturated carbocycles. The summed E-state index contributed by atoms with van der Waals surface area (Å²) in [6, 6.07) is 0. The van der Waals surface area contributed by atoms with Crippen molar-refractivity contribution in [2.75, 3.05) is 5.32 Å². The molecule has 1 aliphatic rings. The second-order valence-electron chi connectivity index (χ2n) is 7.09. The number of aromatic nitrogens is 5. The zero-order valence-electron chi connectivity index (χ0n) is 15.7. The number of amides is 1. The molecule has 0 aliphatic heterocycles. The van der Waals surface area contributed by atoms with E-state index in [-0.39, 0.29) is 17.3 Å². The van der Waals surface area contributed by atoms with Gasteiger partial charge in [-0.3, -0.25) is 14.9 Å². The van der Waals surface area contributed by atoms with Gasteiger partial charge in [-0.15, -0.1) is 0 Å². The Morgan fingerprint density at radius 2 is 2.20 bits per heavy atom. The highest BCUT2D eigenvalue weighted by Gasteiger charge is 2.43. The molecule has 2 atom stereocenters. The number of aromatic amines is 1. The number of benzene rings is 1. The van der Waals surface area contributed by atoms with Gasteiger partial charge in [0.15, 0.2) is 17.3 Å². The Hall–Kier alpha value is -3.33. The number of carbonyl (C=O) groups is 1. The third kappa shape index (κ3) is 2.93. The largest absolute Gasteiger partial charge is 0.309 e. The van der Waals surface area contributed by atoms with Crippen molar-refractivity contribution in [1.82, 2.24) is 24.6 Å². The molecule has 30 heavy (non-hydrogen) atoms. The predicted molar refractivity (Wildman–Crippen MR) is 109 cm³/mol. The van der Waals surface area contributed by atoms with Gasteiger partial charge in [0.05, 0.1) is 40.7 Å². The van der Waals surface area contributed by atoms with E-state index >= 15 is 0 Å². The minimum Gasteiger partial charge on any atom is -0.309 e. The summed E-state index contributed by atoms with van der Waals surface area (Å²) in [6.07, 6.45) is 8.75. The Morgan fingerprint density at radius 1 is 1.40 bits per heavy atom. The lowest BCUT2D eigenvalue weighted by molar-refractivity contribution is -0.117. The number of allylic oxidation sites excluding steroid dienone is 1. The molecule has 0 spiro atoms. The van der Waals surface area contributed by atoms with Crippen molar-refractivity contribution in [3.63, 3.8) is 0 Å². The van der Waals surface area contributed by atoms with E-state index in [1.54, 1.807) is 42.1 Å². The molecule has 1 aliphatic carbocycles. The number of halogens is 3. The molecule has 1 aromatic carbocycles. The maximum absolute atomic E-state index is 15.0. The van der Waals surface area contributed by atoms with Gasteiger partial charge >= 0.3 is 0 Å². The van der Waals surface area contributed by atoms with Crippen LogP contribution >= 0.6 is 11.6 Å². The smallest absolute Gasteiger partial charge is 0.231 e. The summed E-state index contributed by atoms with van der Waals surface area (Å²) in [5.41, 5.74) is 2.10. The molecular formula is C20H15ClF2N6O. The lowest BCUT2D eigenvalue weighted by Crippen LogP contribution is -2.15. The molecule has 5 rings (SSSR count). The van der Waals surface area contributed by atoms with Crippen LogP contribution in [-0.2, 0) is 4.79 Å². The van der Waals surface area contributed by atoms with Gasteiger partial charge in [-0.2, -0.15) is 5.10 Å². The first-order valence-corrected chi connectivity index (χ1v) is 9.62. The van der Waals surface area contributed by atoms with Gasteiger partial charge in [-0.05, 0) is 13.3 Å². The normalized spacial score (nSPS) is 18.5. The summed E-state index contributed by atoms with van der Waals surface area (Å²) in [5.74, 6) is -1.31. The second-order valence-corrected chi connectivity index (χ2v) is 7.46. The van der Waals surface area contributed by atoms with Crippen LogP contribution in [0.4, 0.5) is 14.6 Å². The minimum atomic E-state index is -1.09. The maximum Gasteiger partial charge on any atom is 0.231 e. The zero-order chi connectivity index (χ0) is 21.0. The van der Waals surface area contributed by atoms with E-state index in [4.69, 9.17) is 11.6 Å². The Kier molecular flexibility index (Phi) is 4.28. The van der Waals surface area contributed by atoms with E-state index in [1.807, 2.05) is 0 Å². The first-order valence-electron chi connectivity index (χ1n) is 9.24. The van der Waals surface area contributed by atoms with Crippen molar-refractivity contribution in [3.8, 4) is 11.3 Å². The lowest BCUT2D eigenvalue weighted by atomic mass is 10.0. The summed E-state index contributed by atoms with van der Waals surface area (Å²) in [5, 5.41) is 10.00. The molecule has 4 aromatic rings. The van der Waals surface area contributed by atoms with E-state index in [0.29, 0.717) is 33.4 Å². The van der Waals surface area contributed by atoms with Crippen molar-refractivity contribution in [2.45, 2.75) is 19.5 Å². The van der Waals surface area contributed by atoms with Gasteiger partial charge < -0.3 is 9.72 Å². The standard InChI is InChI=1S/C20H15ClF2N6O/c1-2-3-9-18(23)17(21)16(11-5-25-28-19(9)11)13-7-29-8-14(26-15(29)6-24-13)27-20(30)10-4-12(10)22/h2-3,5-8,10,12H,4H2,1H3,(H,25,28)(H,27,30)/b3-2+. The average molecular weight is 429 g/mol. The summed E-state index contributed by atoms with van der Waals surface area (Å²) >= 11 is 6.38. The van der Waals surface area contributed by atoms with Gasteiger partial charge in [-0.1, -0.05) is 23.8 Å². The first-order chi connectivity index (χ1) is 14.5. The van der Waals surface area contributed by atoms with Crippen LogP contribution in [0.2, 0.25) is 5.02 Å². The monoisotopic (exact) mass is 428 g/mol. The van der Waals surface area contributed by atoms with Crippen LogP contribution in [-0.4, -0.2) is 36.6 Å². The maximum atomic E-state index is 15.0. The fourth-order valence-corrected chi connectivity index (χ4v) is 3.75. The number of hydrogen-bond acceptors (Lipinski definition) is 4. The Morgan fingerprint density at radius 3 is 2.93 bits per heavy atom. The molecule has 0 radical (unpaired) electrons. The fourth-order valence-electron chi connectivity index (χ4n) is 3.45. The Labute approximate surface area is 173 Å². The molecule has 3 heterocycles. The molecule has 3 aromatic heterocycles. The van der Waals surface area contributed by atoms with Crippen LogP contribution in [0, 0.1) is 11.7 Å². The van der Waals surface area contributed by atoms with E-state index in [2.05, 4.69) is 25.5 Å². The lowest BCUT2D eigenvalue weighted by Gasteiger charge is -2.10. The van der Waals surface area contributed by atoms with E-state index in [1.165, 1.54) is 6.20 Å². The first kappa shape index (κ1) is 18.7. The van der Waals surface area contributed by atoms with Gasteiger partial charge in [0.1, 0.15) is 6.17 Å². The highest BCUT2D eigenvalue weighted by molar-refractivity contribution is 6.35. The Bertz CT molecular complexity index is 1340. The van der Waals surface area contributed by atoms with Crippen LogP contribution < -0.4 is 5.32 Å². The van der Waals surface area contributed by atoms with E-state index < -0.39 is 23.8 Å². The molecule has 1 fully saturated rings. The summed E-state index contributed by atoms with van der Waals surface area (Å²) in [7, 11) is 0. The fraction of sp³-hybridized carbons (Fsp3) is 0.200. The third-order valence-electron chi connectivity index (χ3n) is 5.06. The van der Waals surface area contributed by atoms with Gasteiger partial charge in [0, 0.05) is 22.7 Å². The number of nitrogens with one attached hydrogen (secondary N) is 2. The molecule has 1 amide bonds. The number of fused-ring (bicyclic) bond motifs is 2. The number of rotatable bonds is 4. The number of imidazole rings is 1. The van der Waals surface area contributed by atoms with Gasteiger partial charge in [0.25, 0.3) is 0 Å². The average Bonchev–Trinajstić information content (AvgIpc) is 3.11. The molecule has 2 unspecified atom stereocenters. The summed E-state index contributed by atoms with van der Waals surface area (Å²) < 4.78 is 29.7. The van der Waals surface area contributed by atoms with Crippen molar-refractivity contribution in [2.24, 2.45) is 5.92 Å². The van der Waals surface area contributed by atoms with Crippen LogP contribution in [0.5, 0.6) is 0 Å². The number of anilines is 1. The van der Waals surface area contributed by atoms with Crippen LogP contribution in [0.25, 0.3) is 33.9 Å². The quantitative estimate of drug-likeness (QED) is 0.504. The van der Waals surface area contributed by atoms with Gasteiger partial charge in [0.2, 0.25) is 5.91 Å². The number of carbonyl (C=O) groups excluding carboxylic acids is 1. The molecule has 0 bridgehead atoms. The summed E-state index contributed by atoms with van der Waals surface area (Å²) in [4.78, 5) is 20.6. The van der Waals surface area contributed by atoms with Crippen LogP contribution in [0.15, 0.2) is 30.9 Å². The third-order valence-corrected chi connectivity index (χ3v) is 5.41. The predicted octanol–water partition coefficient (Wildman–Crippen LogP) is 4.39. The van der Waals surface area contributed by atoms with Crippen molar-refractivity contribution < 1.29 is 13.6 Å². The zero-order valence-corrected chi connectivity index (χ0v) is 16.4. The topological polar surface area (TPSA) is 88.0 Å². The van der Waals surface area contributed by atoms with Crippen molar-refractivity contribution in [1.29, 1.82) is 0 Å². The number of alkyl halides is 1. The summed E-state index contributed by atoms with van der Waals surface area (Å²) in [6.45, 7) is 1.78. The van der Waals surface area contributed by atoms with Crippen molar-refractivity contribution in [3.05, 3.63) is 47.3 Å². The Balaban J connectivity index is 1.59. The molecule has 10 heteroatoms. The highest BCUT2D eigenvalue weighted by atomic mass is 35.5. The van der Waals surface area contributed by atoms with E-state index in [9.17, 15) is 13.6 Å². The van der Waals surface area contributed by atoms with Crippen molar-refractivity contribution >= 4 is 46.0 Å². The number of H-pyrrole nitrogens is 1. The van der Waals surface area contributed by atoms with Crippen LogP contribution in [0.1, 0.15) is 18.9 Å². The second kappa shape index (κ2) is 6.88. The van der Waals surface area contributed by atoms with Gasteiger partial charge in [-0.25, -0.2) is 13.8 Å². The minimum absolute atomic E-state index is 0.0692. The molecule has 0 saturated heterocycles. The van der Waals surface area contributed by atoms with Crippen LogP contribution in [0.3, 0.4) is 0 Å². The molecule has 2 N–H and O–H groups in total. The van der Waals surface area contributed by atoms with E-state index in [0.717, 1.165) is 0 Å². The highest BCUT2D eigenvalue weighted by Crippen LogP contribution is 2.39. The molecular weight excluding hydrogens is 414 g/mol. The number of hydrogen-bond donors (Lipinski definition) is 2. The SMILES string of the molecule is C/C=C/c1c(F)c(Cl)c(-c2cn3cc(NC(=O)C4CC4F)nc3cn2)c2cn[nH]c12. The number of nitrogens with zero attached hydrogens (tertiary/aromatic N) is 4. The molecule has 152 valence electrons.